The molecule has 0 aliphatic rings. The number of sulfonamides is 1. The van der Waals surface area contributed by atoms with E-state index in [1.807, 2.05) is 19.0 Å². The Morgan fingerprint density at radius 3 is 2.44 bits per heavy atom. The largest absolute Gasteiger partial charge is 0.366 e. The summed E-state index contributed by atoms with van der Waals surface area (Å²) in [4.78, 5) is 15.9. The van der Waals surface area contributed by atoms with Crippen molar-refractivity contribution in [3.8, 4) is 0 Å². The van der Waals surface area contributed by atoms with E-state index in [1.165, 1.54) is 29.8 Å². The van der Waals surface area contributed by atoms with E-state index in [0.717, 1.165) is 6.54 Å². The Balaban J connectivity index is 2.81. The van der Waals surface area contributed by atoms with Gasteiger partial charge >= 0.3 is 0 Å². The second-order valence-electron chi connectivity index (χ2n) is 4.36. The standard InChI is InChI=1S/C11H19N3O3S/c1-13(2)7-4-8-14(3)18(16,17)11-9-12-6-5-10(11)15/h5-6,9H,4,7-8H2,1-3H3,(H,12,15). The lowest BCUT2D eigenvalue weighted by molar-refractivity contribution is 0.370. The zero-order valence-corrected chi connectivity index (χ0v) is 11.7. The van der Waals surface area contributed by atoms with E-state index in [4.69, 9.17) is 0 Å². The van der Waals surface area contributed by atoms with Crippen LogP contribution in [0, 0.1) is 0 Å². The van der Waals surface area contributed by atoms with Crippen LogP contribution in [0.1, 0.15) is 6.42 Å². The molecule has 0 atom stereocenters. The first-order chi connectivity index (χ1) is 8.35. The molecule has 1 aromatic heterocycles. The van der Waals surface area contributed by atoms with E-state index >= 15 is 0 Å². The number of aromatic nitrogens is 1. The Morgan fingerprint density at radius 1 is 1.22 bits per heavy atom. The summed E-state index contributed by atoms with van der Waals surface area (Å²) < 4.78 is 25.5. The van der Waals surface area contributed by atoms with E-state index in [2.05, 4.69) is 4.98 Å². The first-order valence-electron chi connectivity index (χ1n) is 5.64. The Kier molecular flexibility index (Phi) is 5.06. The van der Waals surface area contributed by atoms with Crippen molar-refractivity contribution in [2.75, 3.05) is 34.2 Å². The van der Waals surface area contributed by atoms with Crippen molar-refractivity contribution in [2.24, 2.45) is 0 Å². The van der Waals surface area contributed by atoms with Gasteiger partial charge in [-0.3, -0.25) is 4.79 Å². The second-order valence-corrected chi connectivity index (χ2v) is 6.37. The molecule has 18 heavy (non-hydrogen) atoms. The second kappa shape index (κ2) is 6.12. The molecule has 0 spiro atoms. The number of hydrogen-bond donors (Lipinski definition) is 1. The highest BCUT2D eigenvalue weighted by atomic mass is 32.2. The third-order valence-corrected chi connectivity index (χ3v) is 4.43. The molecule has 6 nitrogen and oxygen atoms in total. The van der Waals surface area contributed by atoms with Crippen molar-refractivity contribution in [2.45, 2.75) is 11.3 Å². The van der Waals surface area contributed by atoms with Crippen LogP contribution in [0.2, 0.25) is 0 Å². The smallest absolute Gasteiger partial charge is 0.248 e. The minimum Gasteiger partial charge on any atom is -0.366 e. The molecular weight excluding hydrogens is 254 g/mol. The lowest BCUT2D eigenvalue weighted by Crippen LogP contribution is -2.32. The summed E-state index contributed by atoms with van der Waals surface area (Å²) in [7, 11) is 1.64. The van der Waals surface area contributed by atoms with Gasteiger partial charge in [0.1, 0.15) is 4.90 Å². The summed E-state index contributed by atoms with van der Waals surface area (Å²) >= 11 is 0. The first kappa shape index (κ1) is 14.9. The van der Waals surface area contributed by atoms with Crippen molar-refractivity contribution in [1.29, 1.82) is 0 Å². The fourth-order valence-electron chi connectivity index (χ4n) is 1.50. The normalized spacial score (nSPS) is 12.3. The van der Waals surface area contributed by atoms with Gasteiger partial charge in [0.25, 0.3) is 0 Å². The number of pyridine rings is 1. The fourth-order valence-corrected chi connectivity index (χ4v) is 2.74. The maximum Gasteiger partial charge on any atom is 0.248 e. The Bertz CT molecular complexity index is 536. The molecular formula is C11H19N3O3S. The van der Waals surface area contributed by atoms with Gasteiger partial charge in [-0.15, -0.1) is 0 Å². The summed E-state index contributed by atoms with van der Waals surface area (Å²) in [6.45, 7) is 1.18. The number of nitrogens with one attached hydrogen (secondary N) is 1. The van der Waals surface area contributed by atoms with Crippen molar-refractivity contribution >= 4 is 10.0 Å². The third kappa shape index (κ3) is 3.66. The van der Waals surface area contributed by atoms with E-state index in [9.17, 15) is 13.2 Å². The third-order valence-electron chi connectivity index (χ3n) is 2.55. The summed E-state index contributed by atoms with van der Waals surface area (Å²) in [5, 5.41) is 0. The van der Waals surface area contributed by atoms with Crippen molar-refractivity contribution in [3.05, 3.63) is 28.7 Å². The molecule has 0 bridgehead atoms. The molecule has 1 N–H and O–H groups in total. The van der Waals surface area contributed by atoms with Gasteiger partial charge in [-0.25, -0.2) is 12.7 Å². The maximum atomic E-state index is 12.1. The summed E-state index contributed by atoms with van der Waals surface area (Å²) in [6, 6.07) is 1.21. The van der Waals surface area contributed by atoms with Crippen LogP contribution < -0.4 is 5.43 Å². The zero-order valence-electron chi connectivity index (χ0n) is 10.9. The van der Waals surface area contributed by atoms with Gasteiger partial charge in [0, 0.05) is 32.1 Å². The van der Waals surface area contributed by atoms with E-state index in [-0.39, 0.29) is 4.90 Å². The lowest BCUT2D eigenvalue weighted by atomic mass is 10.4. The van der Waals surface area contributed by atoms with Crippen LogP contribution in [-0.4, -0.2) is 56.8 Å². The Labute approximate surface area is 107 Å². The van der Waals surface area contributed by atoms with Crippen LogP contribution in [0.4, 0.5) is 0 Å². The van der Waals surface area contributed by atoms with Gasteiger partial charge in [0.15, 0.2) is 0 Å². The van der Waals surface area contributed by atoms with Crippen molar-refractivity contribution in [3.63, 3.8) is 0 Å². The average Bonchev–Trinajstić information content (AvgIpc) is 2.28. The number of aromatic amines is 1. The van der Waals surface area contributed by atoms with Crippen LogP contribution in [0.3, 0.4) is 0 Å². The molecule has 0 saturated carbocycles. The molecule has 0 fully saturated rings. The zero-order chi connectivity index (χ0) is 13.8. The predicted octanol–water partition coefficient (Wildman–Crippen LogP) is -0.0529. The average molecular weight is 273 g/mol. The minimum atomic E-state index is -3.70. The number of nitrogens with zero attached hydrogens (tertiary/aromatic N) is 2. The Hall–Kier alpha value is -1.18. The van der Waals surface area contributed by atoms with Gasteiger partial charge in [-0.05, 0) is 27.1 Å². The van der Waals surface area contributed by atoms with E-state index in [0.29, 0.717) is 13.0 Å². The van der Waals surface area contributed by atoms with Crippen LogP contribution in [0.5, 0.6) is 0 Å². The highest BCUT2D eigenvalue weighted by Crippen LogP contribution is 2.08. The van der Waals surface area contributed by atoms with Gasteiger partial charge < -0.3 is 9.88 Å². The fraction of sp³-hybridized carbons (Fsp3) is 0.545. The summed E-state index contributed by atoms with van der Waals surface area (Å²) in [5.41, 5.74) is -0.492. The summed E-state index contributed by atoms with van der Waals surface area (Å²) in [5.74, 6) is 0. The number of H-pyrrole nitrogens is 1. The van der Waals surface area contributed by atoms with Crippen molar-refractivity contribution < 1.29 is 8.42 Å². The quantitative estimate of drug-likeness (QED) is 0.788. The van der Waals surface area contributed by atoms with Gasteiger partial charge in [-0.2, -0.15) is 0 Å². The van der Waals surface area contributed by atoms with E-state index in [1.54, 1.807) is 0 Å². The molecule has 0 aliphatic heterocycles. The molecule has 1 aromatic rings. The van der Waals surface area contributed by atoms with Crippen LogP contribution in [0.25, 0.3) is 0 Å². The minimum absolute atomic E-state index is 0.211. The molecule has 0 aromatic carbocycles. The number of hydrogen-bond acceptors (Lipinski definition) is 4. The number of rotatable bonds is 6. The highest BCUT2D eigenvalue weighted by Gasteiger charge is 2.22. The molecule has 1 heterocycles. The molecule has 0 unspecified atom stereocenters. The van der Waals surface area contributed by atoms with Gasteiger partial charge in [0.05, 0.1) is 0 Å². The molecule has 102 valence electrons. The molecule has 7 heteroatoms. The lowest BCUT2D eigenvalue weighted by Gasteiger charge is -2.17. The predicted molar refractivity (Wildman–Crippen MR) is 70.0 cm³/mol. The van der Waals surface area contributed by atoms with Crippen LogP contribution in [0.15, 0.2) is 28.2 Å². The first-order valence-corrected chi connectivity index (χ1v) is 7.08. The van der Waals surface area contributed by atoms with E-state index < -0.39 is 15.5 Å². The molecule has 0 saturated heterocycles. The topological polar surface area (TPSA) is 73.5 Å². The van der Waals surface area contributed by atoms with Crippen LogP contribution in [-0.2, 0) is 10.0 Å². The Morgan fingerprint density at radius 2 is 1.89 bits per heavy atom. The van der Waals surface area contributed by atoms with Crippen molar-refractivity contribution in [1.82, 2.24) is 14.2 Å². The van der Waals surface area contributed by atoms with Gasteiger partial charge in [0.2, 0.25) is 15.5 Å². The molecule has 0 radical (unpaired) electrons. The SMILES string of the molecule is CN(C)CCCN(C)S(=O)(=O)c1c[nH]ccc1=O. The van der Waals surface area contributed by atoms with Crippen LogP contribution >= 0.6 is 0 Å². The maximum absolute atomic E-state index is 12.1. The molecule has 1 rings (SSSR count). The monoisotopic (exact) mass is 273 g/mol. The molecule has 0 amide bonds. The molecule has 0 aliphatic carbocycles. The summed E-state index contributed by atoms with van der Waals surface area (Å²) in [6.07, 6.45) is 3.35. The van der Waals surface area contributed by atoms with Gasteiger partial charge in [-0.1, -0.05) is 0 Å². The highest BCUT2D eigenvalue weighted by molar-refractivity contribution is 7.89.